The monoisotopic (exact) mass is 2580 g/mol. The zero-order valence-electron chi connectivity index (χ0n) is 97.9. The van der Waals surface area contributed by atoms with Crippen LogP contribution < -0.4 is 0 Å². The minimum Gasteiger partial charge on any atom is -0.501 e. The van der Waals surface area contributed by atoms with Gasteiger partial charge >= 0.3 is 0 Å². The van der Waals surface area contributed by atoms with Gasteiger partial charge in [0.15, 0.2) is 0 Å². The van der Waals surface area contributed by atoms with Gasteiger partial charge in [0.05, 0.1) is 22.3 Å². The van der Waals surface area contributed by atoms with Gasteiger partial charge < -0.3 is 57.5 Å². The number of aryl methyl sites for hydroxylation is 10. The van der Waals surface area contributed by atoms with E-state index in [1.807, 2.05) is 195 Å². The summed E-state index contributed by atoms with van der Waals surface area (Å²) in [6.45, 7) is -4.72. The number of furan rings is 4. The molecule has 24 aromatic rings. The molecule has 13 aromatic heterocycles. The number of hydrogen-bond acceptors (Lipinski definition) is 13. The van der Waals surface area contributed by atoms with Gasteiger partial charge in [-0.25, -0.2) is 4.98 Å². The van der Waals surface area contributed by atoms with Gasteiger partial charge in [-0.1, -0.05) is 208 Å². The van der Waals surface area contributed by atoms with Gasteiger partial charge in [0.25, 0.3) is 0 Å². The first-order valence-corrected chi connectivity index (χ1v) is 44.1. The van der Waals surface area contributed by atoms with Crippen molar-refractivity contribution in [3.63, 3.8) is 0 Å². The van der Waals surface area contributed by atoms with E-state index in [0.29, 0.717) is 51.0 Å². The fourth-order valence-corrected chi connectivity index (χ4v) is 15.2. The first-order valence-electron chi connectivity index (χ1n) is 54.6. The number of nitrogens with zero attached hydrogens (tertiary/aromatic N) is 9. The number of benzene rings is 11. The maximum atomic E-state index is 7.57. The average molecular weight is 2580 g/mol. The number of hydrogen-bond donors (Lipinski definition) is 0. The van der Waals surface area contributed by atoms with Crippen molar-refractivity contribution in [2.45, 2.75) is 89.0 Å². The molecule has 13 heterocycles. The Bertz CT molecular complexity index is 8740. The van der Waals surface area contributed by atoms with E-state index in [4.69, 9.17) is 46.5 Å². The van der Waals surface area contributed by atoms with E-state index in [-0.39, 0.29) is 119 Å². The second-order valence-corrected chi connectivity index (χ2v) is 32.3. The van der Waals surface area contributed by atoms with Crippen LogP contribution in [0.4, 0.5) is 0 Å². The summed E-state index contributed by atoms with van der Waals surface area (Å²) in [5.74, 6) is 0.531. The molecule has 0 unspecified atom stereocenters. The van der Waals surface area contributed by atoms with E-state index in [0.717, 1.165) is 151 Å². The van der Waals surface area contributed by atoms with E-state index in [1.54, 1.807) is 110 Å². The quantitative estimate of drug-likeness (QED) is 0.119. The summed E-state index contributed by atoms with van der Waals surface area (Å²) in [6, 6.07) is 122. The molecule has 142 heavy (non-hydrogen) atoms. The summed E-state index contributed by atoms with van der Waals surface area (Å²) >= 11 is 0. The molecule has 712 valence electrons. The van der Waals surface area contributed by atoms with Crippen LogP contribution in [0, 0.1) is 123 Å². The number of rotatable bonds is 10. The smallest absolute Gasteiger partial charge is 0.216 e. The Labute approximate surface area is 912 Å². The van der Waals surface area contributed by atoms with Crippen LogP contribution in [0.25, 0.3) is 178 Å². The fraction of sp³-hybridized carbons (Fsp3) is 0.112. The Kier molecular flexibility index (Phi) is 28.0. The van der Waals surface area contributed by atoms with Crippen molar-refractivity contribution in [3.05, 3.63) is 475 Å². The van der Waals surface area contributed by atoms with E-state index < -0.39 is 48.0 Å². The van der Waals surface area contributed by atoms with Crippen molar-refractivity contribution in [2.75, 3.05) is 0 Å². The molecule has 0 saturated carbocycles. The topological polar surface area (TPSA) is 169 Å². The standard InChI is InChI=1S/C22H20NO.C19H15N2O.2C18H12NO.4C12H10N.4Ir/c1-14(2)12-16-6-4-7-17-18-8-5-9-19(22(18)24-21(16)17)20-11-10-15(3)13-23-20;1-11-9-17(20-10-12(11)2)16-6-4-5-14-15-8-7-13(3)21-19(15)22-18(14)16;1-12-9-10-19-16(11-12)15-7-4-6-14-13-5-2-3-8-17(13)20-18(14)15;1-12-9-10-16(19-11-12)15-7-4-6-14-13-5-2-3-8-17(13)20-18(14)15;4*1-10-7-8-12(13-9-10)11-5-3-2-4-6-11;;;;/h4-8,10-11,13-14H,12H2,1-3H3;4-5,7-10H,1-3H3;2*2-6,8-11H,1H3;4*2-5,7-9H,1H3;;;;/q8*-1;;;;/i3D3;2D3;;5*1D3;;;;. The second kappa shape index (κ2) is 50.1. The van der Waals surface area contributed by atoms with Crippen molar-refractivity contribution >= 4 is 87.9 Å². The van der Waals surface area contributed by atoms with Crippen molar-refractivity contribution in [2.24, 2.45) is 5.92 Å². The zero-order valence-corrected chi connectivity index (χ0v) is 86.5. The molecule has 11 aromatic carbocycles. The third-order valence-electron chi connectivity index (χ3n) is 21.9. The van der Waals surface area contributed by atoms with Gasteiger partial charge in [-0.15, -0.1) is 216 Å². The minimum absolute atomic E-state index is 0. The van der Waals surface area contributed by atoms with E-state index in [1.165, 1.54) is 54.5 Å². The van der Waals surface area contributed by atoms with Gasteiger partial charge in [0.1, 0.15) is 16.7 Å². The third-order valence-corrected chi connectivity index (χ3v) is 21.9. The summed E-state index contributed by atoms with van der Waals surface area (Å²) in [6.07, 6.45) is 12.5. The molecule has 0 N–H and O–H groups in total. The number of aromatic nitrogens is 9. The Hall–Kier alpha value is -14.4. The van der Waals surface area contributed by atoms with Gasteiger partial charge in [-0.05, 0) is 201 Å². The molecular formula is C125H99Ir4N9O4-8. The van der Waals surface area contributed by atoms with Gasteiger partial charge in [0, 0.05) is 186 Å². The predicted octanol–water partition coefficient (Wildman–Crippen LogP) is 31.7. The first kappa shape index (κ1) is 79.3. The maximum absolute atomic E-state index is 7.57. The second-order valence-electron chi connectivity index (χ2n) is 32.3. The fourth-order valence-electron chi connectivity index (χ4n) is 15.2. The van der Waals surface area contributed by atoms with Gasteiger partial charge in [-0.2, -0.15) is 0 Å². The van der Waals surface area contributed by atoms with Crippen LogP contribution in [0.5, 0.6) is 0 Å². The maximum Gasteiger partial charge on any atom is 0.216 e. The van der Waals surface area contributed by atoms with E-state index in [9.17, 15) is 0 Å². The molecule has 0 amide bonds. The SMILES string of the molecule is Cc1ccnc(-c2[c-]ccc3c2oc2ccccc23)c1.[2H]C([2H])([2H])c1ccc(-c2[c-]ccc3c2oc2c(CC(C)C)cccc23)nc1.[2H]C([2H])([2H])c1ccc(-c2[c-]ccc3c2oc2ccccc23)nc1.[2H]C([2H])([2H])c1ccc(-c2[c-]cccc2)nc1.[2H]C([2H])([2H])c1ccc(-c2[c-]cccc2)nc1.[2H]C([2H])([2H])c1ccc(-c2[c-]cccc2)nc1.[2H]C([2H])([2H])c1ccc(-c2[c-]cccc2)nc1.[2H]C([2H])([2H])c1cnc(-c2[c-]ccc3c2oc2nc(C)ccc23)cc1C.[Ir].[Ir].[Ir].[Ir]. The molecule has 0 saturated heterocycles. The molecule has 0 aliphatic heterocycles. The summed E-state index contributed by atoms with van der Waals surface area (Å²) < 4.78 is 178. The van der Waals surface area contributed by atoms with Crippen molar-refractivity contribution in [3.8, 4) is 90.1 Å². The molecule has 0 bridgehead atoms. The normalized spacial score (nSPS) is 13.4. The molecule has 0 spiro atoms. The summed E-state index contributed by atoms with van der Waals surface area (Å²) in [4.78, 5) is 38.4. The third kappa shape index (κ3) is 26.0. The van der Waals surface area contributed by atoms with Crippen LogP contribution in [0.2, 0.25) is 0 Å². The van der Waals surface area contributed by atoms with Crippen molar-refractivity contribution in [1.82, 2.24) is 44.9 Å². The molecule has 0 aliphatic carbocycles. The predicted molar refractivity (Wildman–Crippen MR) is 561 cm³/mol. The van der Waals surface area contributed by atoms with E-state index in [2.05, 4.69) is 144 Å². The van der Waals surface area contributed by atoms with Crippen molar-refractivity contribution < 1.29 is 127 Å². The molecule has 0 fully saturated rings. The van der Waals surface area contributed by atoms with Crippen LogP contribution in [0.3, 0.4) is 0 Å². The largest absolute Gasteiger partial charge is 0.501 e. The Morgan fingerprint density at radius 1 is 0.261 bits per heavy atom. The number of pyridine rings is 9. The van der Waals surface area contributed by atoms with Crippen LogP contribution >= 0.6 is 0 Å². The molecule has 0 aliphatic rings. The molecule has 4 radical (unpaired) electrons. The Balaban J connectivity index is 0.000000154. The van der Waals surface area contributed by atoms with Crippen molar-refractivity contribution in [1.29, 1.82) is 0 Å². The number of fused-ring (bicyclic) bond motifs is 12. The van der Waals surface area contributed by atoms with Crippen LogP contribution in [0.15, 0.2) is 383 Å². The van der Waals surface area contributed by atoms with Gasteiger partial charge in [0.2, 0.25) is 5.71 Å². The Morgan fingerprint density at radius 2 is 0.613 bits per heavy atom. The van der Waals surface area contributed by atoms with Crippen LogP contribution in [-0.2, 0) is 86.8 Å². The molecule has 24 rings (SSSR count). The first-order chi connectivity index (χ1) is 75.8. The molecular weight excluding hydrogens is 2460 g/mol. The molecule has 13 nitrogen and oxygen atoms in total. The van der Waals surface area contributed by atoms with E-state index >= 15 is 0 Å². The number of para-hydroxylation sites is 3. The molecule has 0 atom stereocenters. The molecule has 17 heteroatoms. The summed E-state index contributed by atoms with van der Waals surface area (Å²) in [5.41, 5.74) is 24.1. The average Bonchev–Trinajstić information content (AvgIpc) is 1.59. The van der Waals surface area contributed by atoms with Crippen LogP contribution in [-0.4, -0.2) is 44.9 Å². The zero-order chi connectivity index (χ0) is 113. The Morgan fingerprint density at radius 3 is 0.986 bits per heavy atom. The van der Waals surface area contributed by atoms with Gasteiger partial charge in [-0.3, -0.25) is 0 Å². The summed E-state index contributed by atoms with van der Waals surface area (Å²) in [5, 5.41) is 8.25. The summed E-state index contributed by atoms with van der Waals surface area (Å²) in [7, 11) is 0. The minimum atomic E-state index is -2.17. The van der Waals surface area contributed by atoms with Crippen LogP contribution in [0.1, 0.15) is 104 Å².